The van der Waals surface area contributed by atoms with E-state index in [1.54, 1.807) is 17.1 Å². The molecule has 1 atom stereocenters. The minimum absolute atomic E-state index is 0.0540. The van der Waals surface area contributed by atoms with Gasteiger partial charge in [-0.25, -0.2) is 9.67 Å². The van der Waals surface area contributed by atoms with Crippen molar-refractivity contribution >= 4 is 37.8 Å². The summed E-state index contributed by atoms with van der Waals surface area (Å²) in [5.41, 5.74) is 1.90. The molecule has 0 aliphatic rings. The molecule has 0 saturated heterocycles. The van der Waals surface area contributed by atoms with Gasteiger partial charge >= 0.3 is 0 Å². The summed E-state index contributed by atoms with van der Waals surface area (Å²) in [7, 11) is 0. The molecule has 3 rings (SSSR count). The number of benzene rings is 2. The van der Waals surface area contributed by atoms with E-state index in [0.29, 0.717) is 5.75 Å². The molecular weight excluding hydrogens is 464 g/mol. The Morgan fingerprint density at radius 1 is 1.23 bits per heavy atom. The van der Waals surface area contributed by atoms with Crippen molar-refractivity contribution in [2.75, 3.05) is 6.61 Å². The average molecular weight is 480 g/mol. The molecule has 6 nitrogen and oxygen atoms in total. The molecule has 2 aromatic carbocycles. The van der Waals surface area contributed by atoms with E-state index in [0.717, 1.165) is 20.2 Å². The van der Waals surface area contributed by atoms with Gasteiger partial charge in [0.2, 0.25) is 0 Å². The predicted octanol–water partition coefficient (Wildman–Crippen LogP) is 4.05. The number of hydrogen-bond donors (Lipinski definition) is 1. The first-order valence-corrected chi connectivity index (χ1v) is 9.43. The van der Waals surface area contributed by atoms with Gasteiger partial charge in [0.1, 0.15) is 18.4 Å². The molecule has 1 aromatic heterocycles. The van der Waals surface area contributed by atoms with Crippen LogP contribution in [0, 0.1) is 0 Å². The number of hydrogen-bond acceptors (Lipinski definition) is 4. The van der Waals surface area contributed by atoms with Gasteiger partial charge in [-0.2, -0.15) is 5.10 Å². The Hall–Kier alpha value is -2.19. The third-order valence-electron chi connectivity index (χ3n) is 3.71. The van der Waals surface area contributed by atoms with Crippen LogP contribution in [0.15, 0.2) is 64.1 Å². The molecule has 1 amide bonds. The quantitative estimate of drug-likeness (QED) is 0.579. The SMILES string of the molecule is CC(NC(=O)COc1ccc(Br)cc1Br)c1ccc(-n2cncn2)cc1. The minimum Gasteiger partial charge on any atom is -0.483 e. The highest BCUT2D eigenvalue weighted by Gasteiger charge is 2.11. The molecule has 0 aliphatic heterocycles. The second-order valence-corrected chi connectivity index (χ2v) is 7.35. The van der Waals surface area contributed by atoms with Crippen LogP contribution in [0.1, 0.15) is 18.5 Å². The summed E-state index contributed by atoms with van der Waals surface area (Å²) in [6.07, 6.45) is 3.12. The number of aromatic nitrogens is 3. The summed E-state index contributed by atoms with van der Waals surface area (Å²) in [4.78, 5) is 16.1. The van der Waals surface area contributed by atoms with Crippen LogP contribution < -0.4 is 10.1 Å². The maximum absolute atomic E-state index is 12.1. The van der Waals surface area contributed by atoms with Crippen LogP contribution in [-0.4, -0.2) is 27.3 Å². The zero-order valence-electron chi connectivity index (χ0n) is 13.9. The lowest BCUT2D eigenvalue weighted by Gasteiger charge is -2.15. The van der Waals surface area contributed by atoms with Gasteiger partial charge in [-0.1, -0.05) is 28.1 Å². The molecule has 1 heterocycles. The van der Waals surface area contributed by atoms with Gasteiger partial charge in [0.25, 0.3) is 5.91 Å². The molecule has 1 unspecified atom stereocenters. The fourth-order valence-electron chi connectivity index (χ4n) is 2.36. The smallest absolute Gasteiger partial charge is 0.258 e. The van der Waals surface area contributed by atoms with Crippen LogP contribution in [-0.2, 0) is 4.79 Å². The van der Waals surface area contributed by atoms with Crippen molar-refractivity contribution in [2.24, 2.45) is 0 Å². The number of amides is 1. The van der Waals surface area contributed by atoms with Crippen molar-refractivity contribution in [1.82, 2.24) is 20.1 Å². The molecule has 26 heavy (non-hydrogen) atoms. The van der Waals surface area contributed by atoms with Crippen LogP contribution in [0.2, 0.25) is 0 Å². The normalized spacial score (nSPS) is 11.8. The largest absolute Gasteiger partial charge is 0.483 e. The summed E-state index contributed by atoms with van der Waals surface area (Å²) in [6, 6.07) is 13.2. The van der Waals surface area contributed by atoms with E-state index in [2.05, 4.69) is 47.3 Å². The number of halogens is 2. The second kappa shape index (κ2) is 8.46. The third-order valence-corrected chi connectivity index (χ3v) is 4.82. The number of nitrogens with zero attached hydrogens (tertiary/aromatic N) is 3. The number of nitrogens with one attached hydrogen (secondary N) is 1. The minimum atomic E-state index is -0.187. The zero-order valence-corrected chi connectivity index (χ0v) is 17.1. The standard InChI is InChI=1S/C18H16Br2N4O2/c1-12(13-2-5-15(6-3-13)24-11-21-10-22-24)23-18(25)9-26-17-7-4-14(19)8-16(17)20/h2-8,10-12H,9H2,1H3,(H,23,25). The molecule has 1 N–H and O–H groups in total. The lowest BCUT2D eigenvalue weighted by atomic mass is 10.1. The topological polar surface area (TPSA) is 69.0 Å². The molecule has 0 spiro atoms. The van der Waals surface area contributed by atoms with Gasteiger partial charge < -0.3 is 10.1 Å². The Morgan fingerprint density at radius 2 is 2.00 bits per heavy atom. The van der Waals surface area contributed by atoms with E-state index in [1.807, 2.05) is 43.3 Å². The Balaban J connectivity index is 1.55. The Kier molecular flexibility index (Phi) is 6.05. The van der Waals surface area contributed by atoms with Crippen molar-refractivity contribution in [3.63, 3.8) is 0 Å². The highest BCUT2D eigenvalue weighted by molar-refractivity contribution is 9.11. The summed E-state index contributed by atoms with van der Waals surface area (Å²) in [6.45, 7) is 1.87. The van der Waals surface area contributed by atoms with Gasteiger partial charge in [-0.3, -0.25) is 4.79 Å². The highest BCUT2D eigenvalue weighted by Crippen LogP contribution is 2.28. The van der Waals surface area contributed by atoms with Crippen LogP contribution >= 0.6 is 31.9 Å². The first-order valence-electron chi connectivity index (χ1n) is 7.85. The number of ether oxygens (including phenoxy) is 1. The zero-order chi connectivity index (χ0) is 18.5. The molecule has 0 bridgehead atoms. The van der Waals surface area contributed by atoms with Crippen molar-refractivity contribution in [3.05, 3.63) is 69.6 Å². The summed E-state index contributed by atoms with van der Waals surface area (Å²) in [5, 5.41) is 7.02. The third kappa shape index (κ3) is 4.70. The second-order valence-electron chi connectivity index (χ2n) is 5.58. The lowest BCUT2D eigenvalue weighted by molar-refractivity contribution is -0.123. The van der Waals surface area contributed by atoms with Gasteiger partial charge in [0, 0.05) is 4.47 Å². The number of carbonyl (C=O) groups is 1. The van der Waals surface area contributed by atoms with Crippen molar-refractivity contribution in [2.45, 2.75) is 13.0 Å². The molecule has 0 fully saturated rings. The molecule has 3 aromatic rings. The average Bonchev–Trinajstić information content (AvgIpc) is 3.16. The van der Waals surface area contributed by atoms with Gasteiger partial charge in [0.15, 0.2) is 6.61 Å². The van der Waals surface area contributed by atoms with E-state index in [-0.39, 0.29) is 18.6 Å². The van der Waals surface area contributed by atoms with Crippen molar-refractivity contribution < 1.29 is 9.53 Å². The van der Waals surface area contributed by atoms with Crippen LogP contribution in [0.25, 0.3) is 5.69 Å². The van der Waals surface area contributed by atoms with E-state index in [4.69, 9.17) is 4.74 Å². The molecular formula is C18H16Br2N4O2. The summed E-state index contributed by atoms with van der Waals surface area (Å²) < 4.78 is 8.96. The summed E-state index contributed by atoms with van der Waals surface area (Å²) >= 11 is 6.79. The van der Waals surface area contributed by atoms with Gasteiger partial charge in [-0.15, -0.1) is 0 Å². The Morgan fingerprint density at radius 3 is 2.65 bits per heavy atom. The first kappa shape index (κ1) is 18.6. The molecule has 134 valence electrons. The Bertz CT molecular complexity index is 883. The van der Waals surface area contributed by atoms with Crippen LogP contribution in [0.4, 0.5) is 0 Å². The molecule has 8 heteroatoms. The first-order chi connectivity index (χ1) is 12.5. The molecule has 0 radical (unpaired) electrons. The van der Waals surface area contributed by atoms with E-state index in [1.165, 1.54) is 6.33 Å². The van der Waals surface area contributed by atoms with Gasteiger partial charge in [-0.05, 0) is 58.7 Å². The molecule has 0 aliphatic carbocycles. The number of rotatable bonds is 6. The van der Waals surface area contributed by atoms with Crippen LogP contribution in [0.5, 0.6) is 5.75 Å². The van der Waals surface area contributed by atoms with Crippen molar-refractivity contribution in [3.8, 4) is 11.4 Å². The lowest BCUT2D eigenvalue weighted by Crippen LogP contribution is -2.31. The molecule has 0 saturated carbocycles. The van der Waals surface area contributed by atoms with E-state index < -0.39 is 0 Å². The van der Waals surface area contributed by atoms with Crippen LogP contribution in [0.3, 0.4) is 0 Å². The van der Waals surface area contributed by atoms with Gasteiger partial charge in [0.05, 0.1) is 16.2 Å². The predicted molar refractivity (Wildman–Crippen MR) is 105 cm³/mol. The van der Waals surface area contributed by atoms with E-state index >= 15 is 0 Å². The Labute approximate surface area is 167 Å². The highest BCUT2D eigenvalue weighted by atomic mass is 79.9. The maximum atomic E-state index is 12.1. The fraction of sp³-hybridized carbons (Fsp3) is 0.167. The maximum Gasteiger partial charge on any atom is 0.258 e. The van der Waals surface area contributed by atoms with E-state index in [9.17, 15) is 4.79 Å². The van der Waals surface area contributed by atoms with Crippen molar-refractivity contribution in [1.29, 1.82) is 0 Å². The monoisotopic (exact) mass is 478 g/mol. The summed E-state index contributed by atoms with van der Waals surface area (Å²) in [5.74, 6) is 0.431. The number of carbonyl (C=O) groups excluding carboxylic acids is 1. The fourth-order valence-corrected chi connectivity index (χ4v) is 3.52.